The first-order valence-electron chi connectivity index (χ1n) is 7.52. The molecule has 0 spiro atoms. The van der Waals surface area contributed by atoms with Crippen LogP contribution in [0, 0.1) is 0 Å². The number of rotatable bonds is 4. The Morgan fingerprint density at radius 3 is 1.96 bits per heavy atom. The molecule has 1 aliphatic rings. The molecule has 6 heteroatoms. The van der Waals surface area contributed by atoms with Gasteiger partial charge in [0.1, 0.15) is 0 Å². The van der Waals surface area contributed by atoms with E-state index in [-0.39, 0.29) is 6.04 Å². The molecule has 0 saturated heterocycles. The lowest BCUT2D eigenvalue weighted by molar-refractivity contribution is -0.137. The highest BCUT2D eigenvalue weighted by molar-refractivity contribution is 9.10. The number of methoxy groups -OCH3 is 2. The summed E-state index contributed by atoms with van der Waals surface area (Å²) in [5.74, 6) is -1.51. The first-order valence-corrected chi connectivity index (χ1v) is 8.31. The second-order valence-corrected chi connectivity index (χ2v) is 6.50. The molecule has 0 N–H and O–H groups in total. The van der Waals surface area contributed by atoms with Crippen LogP contribution < -0.4 is 0 Å². The van der Waals surface area contributed by atoms with E-state index in [9.17, 15) is 9.59 Å². The van der Waals surface area contributed by atoms with Gasteiger partial charge in [-0.1, -0.05) is 34.1 Å². The third kappa shape index (κ3) is 3.53. The Balaban J connectivity index is 2.66. The van der Waals surface area contributed by atoms with Crippen LogP contribution in [0.5, 0.6) is 0 Å². The van der Waals surface area contributed by atoms with E-state index >= 15 is 0 Å². The van der Waals surface area contributed by atoms with Gasteiger partial charge in [-0.2, -0.15) is 0 Å². The van der Waals surface area contributed by atoms with E-state index in [0.717, 1.165) is 10.0 Å². The maximum absolute atomic E-state index is 12.4. The fourth-order valence-electron chi connectivity index (χ4n) is 2.59. The number of carbonyl (C=O) groups excluding carboxylic acids is 2. The average Bonchev–Trinajstić information content (AvgIpc) is 2.59. The van der Waals surface area contributed by atoms with Gasteiger partial charge in [-0.25, -0.2) is 9.59 Å². The molecule has 24 heavy (non-hydrogen) atoms. The predicted octanol–water partition coefficient (Wildman–Crippen LogP) is 3.37. The number of benzene rings is 1. The minimum Gasteiger partial charge on any atom is -0.466 e. The van der Waals surface area contributed by atoms with Gasteiger partial charge in [-0.05, 0) is 25.5 Å². The average molecular weight is 394 g/mol. The molecular weight excluding hydrogens is 374 g/mol. The summed E-state index contributed by atoms with van der Waals surface area (Å²) in [4.78, 5) is 26.6. The Kier molecular flexibility index (Phi) is 5.83. The second kappa shape index (κ2) is 7.66. The van der Waals surface area contributed by atoms with Crippen molar-refractivity contribution in [2.45, 2.75) is 25.8 Å². The zero-order valence-electron chi connectivity index (χ0n) is 14.1. The second-order valence-electron chi connectivity index (χ2n) is 5.65. The highest BCUT2D eigenvalue weighted by atomic mass is 79.9. The van der Waals surface area contributed by atoms with Crippen molar-refractivity contribution in [3.8, 4) is 0 Å². The van der Waals surface area contributed by atoms with Crippen LogP contribution in [0.3, 0.4) is 0 Å². The number of hydrogen-bond acceptors (Lipinski definition) is 5. The van der Waals surface area contributed by atoms with E-state index in [1.165, 1.54) is 14.2 Å². The van der Waals surface area contributed by atoms with Crippen molar-refractivity contribution in [2.24, 2.45) is 0 Å². The lowest BCUT2D eigenvalue weighted by Gasteiger charge is -2.32. The van der Waals surface area contributed by atoms with Crippen LogP contribution in [0.2, 0.25) is 0 Å². The number of ether oxygens (including phenoxy) is 2. The minimum absolute atomic E-state index is 0.0736. The van der Waals surface area contributed by atoms with Crippen LogP contribution >= 0.6 is 15.9 Å². The van der Waals surface area contributed by atoms with E-state index in [4.69, 9.17) is 9.47 Å². The van der Waals surface area contributed by atoms with Gasteiger partial charge in [0, 0.05) is 22.9 Å². The van der Waals surface area contributed by atoms with Gasteiger partial charge in [0.05, 0.1) is 31.3 Å². The topological polar surface area (TPSA) is 55.8 Å². The van der Waals surface area contributed by atoms with Crippen molar-refractivity contribution >= 4 is 27.9 Å². The van der Waals surface area contributed by atoms with Crippen LogP contribution in [0.1, 0.15) is 25.3 Å². The fraction of sp³-hybridized carbons (Fsp3) is 0.333. The zero-order chi connectivity index (χ0) is 17.9. The van der Waals surface area contributed by atoms with Crippen molar-refractivity contribution in [1.82, 2.24) is 4.90 Å². The molecule has 0 amide bonds. The third-order valence-electron chi connectivity index (χ3n) is 3.85. The third-order valence-corrected chi connectivity index (χ3v) is 4.58. The normalized spacial score (nSPS) is 15.0. The highest BCUT2D eigenvalue weighted by Crippen LogP contribution is 2.40. The molecular formula is C18H20BrNO4. The van der Waals surface area contributed by atoms with Crippen molar-refractivity contribution in [2.75, 3.05) is 14.2 Å². The summed E-state index contributed by atoms with van der Waals surface area (Å²) >= 11 is 3.50. The monoisotopic (exact) mass is 393 g/mol. The number of halogens is 1. The molecule has 128 valence electrons. The molecule has 2 rings (SSSR count). The molecule has 1 aliphatic heterocycles. The van der Waals surface area contributed by atoms with E-state index in [0.29, 0.717) is 11.1 Å². The molecule has 0 fully saturated rings. The van der Waals surface area contributed by atoms with Crippen molar-refractivity contribution < 1.29 is 19.1 Å². The van der Waals surface area contributed by atoms with Gasteiger partial charge in [0.25, 0.3) is 0 Å². The van der Waals surface area contributed by atoms with E-state index in [1.54, 1.807) is 12.4 Å². The van der Waals surface area contributed by atoms with Gasteiger partial charge < -0.3 is 14.4 Å². The summed E-state index contributed by atoms with van der Waals surface area (Å²) in [5.41, 5.74) is 1.58. The molecule has 0 radical (unpaired) electrons. The zero-order valence-corrected chi connectivity index (χ0v) is 15.7. The SMILES string of the molecule is COC(=O)C1=CN(C(C)C)C=C(C(=O)OC)C1c1ccccc1Br. The summed E-state index contributed by atoms with van der Waals surface area (Å²) in [6.07, 6.45) is 3.46. The Bertz CT molecular complexity index is 675. The quantitative estimate of drug-likeness (QED) is 0.733. The first-order chi connectivity index (χ1) is 11.4. The molecule has 0 unspecified atom stereocenters. The number of hydrogen-bond donors (Lipinski definition) is 0. The Labute approximate surface area is 150 Å². The van der Waals surface area contributed by atoms with Crippen LogP contribution in [0.15, 0.2) is 52.3 Å². The molecule has 0 aromatic heterocycles. The van der Waals surface area contributed by atoms with Gasteiger partial charge in [0.2, 0.25) is 0 Å². The van der Waals surface area contributed by atoms with Crippen LogP contribution in [-0.4, -0.2) is 37.1 Å². The van der Waals surface area contributed by atoms with Crippen molar-refractivity contribution in [1.29, 1.82) is 0 Å². The summed E-state index contributed by atoms with van der Waals surface area (Å²) in [7, 11) is 2.66. The summed E-state index contributed by atoms with van der Waals surface area (Å²) in [6.45, 7) is 3.94. The maximum atomic E-state index is 12.4. The van der Waals surface area contributed by atoms with Gasteiger partial charge >= 0.3 is 11.9 Å². The first kappa shape index (κ1) is 18.3. The summed E-state index contributed by atoms with van der Waals surface area (Å²) in [5, 5.41) is 0. The molecule has 1 aromatic carbocycles. The molecule has 0 aliphatic carbocycles. The van der Waals surface area contributed by atoms with E-state index in [1.807, 2.05) is 43.0 Å². The smallest absolute Gasteiger partial charge is 0.336 e. The lowest BCUT2D eigenvalue weighted by atomic mass is 9.83. The largest absolute Gasteiger partial charge is 0.466 e. The summed E-state index contributed by atoms with van der Waals surface area (Å²) in [6, 6.07) is 7.55. The molecule has 0 saturated carbocycles. The number of nitrogens with zero attached hydrogens (tertiary/aromatic N) is 1. The van der Waals surface area contributed by atoms with Crippen LogP contribution in [-0.2, 0) is 19.1 Å². The molecule has 1 heterocycles. The predicted molar refractivity (Wildman–Crippen MR) is 94.1 cm³/mol. The van der Waals surface area contributed by atoms with Gasteiger partial charge in [-0.15, -0.1) is 0 Å². The Hall–Kier alpha value is -2.08. The number of carbonyl (C=O) groups is 2. The Morgan fingerprint density at radius 1 is 1.04 bits per heavy atom. The van der Waals surface area contributed by atoms with Gasteiger partial charge in [-0.3, -0.25) is 0 Å². The van der Waals surface area contributed by atoms with Crippen molar-refractivity contribution in [3.05, 3.63) is 57.8 Å². The summed E-state index contributed by atoms with van der Waals surface area (Å²) < 4.78 is 10.7. The molecule has 5 nitrogen and oxygen atoms in total. The van der Waals surface area contributed by atoms with Gasteiger partial charge in [0.15, 0.2) is 0 Å². The molecule has 0 bridgehead atoms. The minimum atomic E-state index is -0.560. The molecule has 1 aromatic rings. The lowest BCUT2D eigenvalue weighted by Crippen LogP contribution is -2.31. The standard InChI is InChI=1S/C18H20BrNO4/c1-11(2)20-9-13(17(21)23-3)16(14(10-20)18(22)24-4)12-7-5-6-8-15(12)19/h5-11,16H,1-4H3. The van der Waals surface area contributed by atoms with Crippen molar-refractivity contribution in [3.63, 3.8) is 0 Å². The number of esters is 2. The van der Waals surface area contributed by atoms with Crippen LogP contribution in [0.25, 0.3) is 0 Å². The maximum Gasteiger partial charge on any atom is 0.336 e. The van der Waals surface area contributed by atoms with Crippen LogP contribution in [0.4, 0.5) is 0 Å². The highest BCUT2D eigenvalue weighted by Gasteiger charge is 2.36. The van der Waals surface area contributed by atoms with E-state index in [2.05, 4.69) is 15.9 Å². The fourth-order valence-corrected chi connectivity index (χ4v) is 3.11. The van der Waals surface area contributed by atoms with E-state index < -0.39 is 17.9 Å². The molecule has 0 atom stereocenters. The Morgan fingerprint density at radius 2 is 1.54 bits per heavy atom.